The molecule has 0 radical (unpaired) electrons. The van der Waals surface area contributed by atoms with Crippen LogP contribution < -0.4 is 0 Å². The summed E-state index contributed by atoms with van der Waals surface area (Å²) in [7, 11) is 2.10. The minimum absolute atomic E-state index is 0.382. The monoisotopic (exact) mass is 157 g/mol. The van der Waals surface area contributed by atoms with Crippen molar-refractivity contribution in [1.82, 2.24) is 4.90 Å². The van der Waals surface area contributed by atoms with Crippen LogP contribution >= 0.6 is 0 Å². The zero-order valence-corrected chi connectivity index (χ0v) is 7.80. The lowest BCUT2D eigenvalue weighted by Gasteiger charge is -2.33. The van der Waals surface area contributed by atoms with Crippen molar-refractivity contribution in [3.05, 3.63) is 0 Å². The molecule has 0 aromatic rings. The van der Waals surface area contributed by atoms with Crippen LogP contribution in [0.3, 0.4) is 0 Å². The van der Waals surface area contributed by atoms with Gasteiger partial charge in [0.15, 0.2) is 0 Å². The topological polar surface area (TPSA) is 23.5 Å². The second kappa shape index (κ2) is 3.11. The Morgan fingerprint density at radius 2 is 2.27 bits per heavy atom. The Labute approximate surface area is 69.2 Å². The average molecular weight is 157 g/mol. The predicted octanol–water partition coefficient (Wildman–Crippen LogP) is 1.24. The molecule has 0 amide bonds. The molecule has 1 heterocycles. The van der Waals surface area contributed by atoms with E-state index in [4.69, 9.17) is 0 Å². The highest BCUT2D eigenvalue weighted by Gasteiger charge is 2.35. The third-order valence-corrected chi connectivity index (χ3v) is 2.95. The van der Waals surface area contributed by atoms with Gasteiger partial charge in [-0.2, -0.15) is 0 Å². The van der Waals surface area contributed by atoms with Gasteiger partial charge in [0.05, 0.1) is 5.60 Å². The fourth-order valence-electron chi connectivity index (χ4n) is 1.93. The molecule has 11 heavy (non-hydrogen) atoms. The summed E-state index contributed by atoms with van der Waals surface area (Å²) in [6.07, 6.45) is 3.23. The van der Waals surface area contributed by atoms with Gasteiger partial charge in [-0.05, 0) is 39.8 Å². The molecular formula is C9H19NO. The van der Waals surface area contributed by atoms with Crippen LogP contribution in [-0.4, -0.2) is 35.2 Å². The van der Waals surface area contributed by atoms with Crippen LogP contribution in [0.1, 0.15) is 33.1 Å². The zero-order valence-electron chi connectivity index (χ0n) is 7.80. The summed E-state index contributed by atoms with van der Waals surface area (Å²) in [4.78, 5) is 2.27. The van der Waals surface area contributed by atoms with Gasteiger partial charge in [-0.1, -0.05) is 6.92 Å². The fraction of sp³-hybridized carbons (Fsp3) is 1.00. The first kappa shape index (κ1) is 9.01. The summed E-state index contributed by atoms with van der Waals surface area (Å²) < 4.78 is 0. The van der Waals surface area contributed by atoms with Gasteiger partial charge in [-0.25, -0.2) is 0 Å². The Morgan fingerprint density at radius 3 is 2.64 bits per heavy atom. The zero-order chi connectivity index (χ0) is 8.48. The van der Waals surface area contributed by atoms with E-state index in [0.29, 0.717) is 6.04 Å². The SMILES string of the molecule is CCC(C)(O)C1CCCN1C. The van der Waals surface area contributed by atoms with Crippen LogP contribution in [0.2, 0.25) is 0 Å². The van der Waals surface area contributed by atoms with Crippen molar-refractivity contribution in [2.24, 2.45) is 0 Å². The molecule has 1 rings (SSSR count). The lowest BCUT2D eigenvalue weighted by molar-refractivity contribution is -0.0135. The van der Waals surface area contributed by atoms with Gasteiger partial charge >= 0.3 is 0 Å². The van der Waals surface area contributed by atoms with Crippen LogP contribution in [0.4, 0.5) is 0 Å². The van der Waals surface area contributed by atoms with Gasteiger partial charge in [0.1, 0.15) is 0 Å². The third-order valence-electron chi connectivity index (χ3n) is 2.95. The van der Waals surface area contributed by atoms with Crippen molar-refractivity contribution in [2.45, 2.75) is 44.8 Å². The van der Waals surface area contributed by atoms with Crippen molar-refractivity contribution in [3.8, 4) is 0 Å². The molecule has 66 valence electrons. The highest BCUT2D eigenvalue weighted by Crippen LogP contribution is 2.27. The van der Waals surface area contributed by atoms with E-state index >= 15 is 0 Å². The lowest BCUT2D eigenvalue weighted by Crippen LogP contribution is -2.45. The van der Waals surface area contributed by atoms with Gasteiger partial charge < -0.3 is 10.0 Å². The first-order valence-corrected chi connectivity index (χ1v) is 4.50. The molecule has 0 aromatic heterocycles. The van der Waals surface area contributed by atoms with Crippen LogP contribution in [-0.2, 0) is 0 Å². The maximum Gasteiger partial charge on any atom is 0.0771 e. The van der Waals surface area contributed by atoms with E-state index in [9.17, 15) is 5.11 Å². The number of likely N-dealkylation sites (N-methyl/N-ethyl adjacent to an activating group) is 1. The summed E-state index contributed by atoms with van der Waals surface area (Å²) in [5.74, 6) is 0. The Hall–Kier alpha value is -0.0800. The number of hydrogen-bond acceptors (Lipinski definition) is 2. The molecule has 2 atom stereocenters. The maximum atomic E-state index is 9.95. The standard InChI is InChI=1S/C9H19NO/c1-4-9(2,11)8-6-5-7-10(8)3/h8,11H,4-7H2,1-3H3. The van der Waals surface area contributed by atoms with Gasteiger partial charge in [-0.3, -0.25) is 0 Å². The third kappa shape index (κ3) is 1.74. The largest absolute Gasteiger partial charge is 0.389 e. The summed E-state index contributed by atoms with van der Waals surface area (Å²) in [6.45, 7) is 5.13. The molecule has 0 spiro atoms. The molecule has 0 aliphatic carbocycles. The number of aliphatic hydroxyl groups is 1. The second-order valence-corrected chi connectivity index (χ2v) is 3.85. The molecule has 1 N–H and O–H groups in total. The highest BCUT2D eigenvalue weighted by molar-refractivity contribution is 4.91. The summed E-state index contributed by atoms with van der Waals surface area (Å²) >= 11 is 0. The summed E-state index contributed by atoms with van der Waals surface area (Å²) in [5.41, 5.74) is -0.481. The van der Waals surface area contributed by atoms with Crippen molar-refractivity contribution in [1.29, 1.82) is 0 Å². The van der Waals surface area contributed by atoms with Crippen LogP contribution in [0, 0.1) is 0 Å². The van der Waals surface area contributed by atoms with E-state index in [1.807, 2.05) is 13.8 Å². The van der Waals surface area contributed by atoms with Crippen molar-refractivity contribution in [2.75, 3.05) is 13.6 Å². The summed E-state index contributed by atoms with van der Waals surface area (Å²) in [5, 5.41) is 9.95. The normalized spacial score (nSPS) is 32.2. The van der Waals surface area contributed by atoms with Crippen LogP contribution in [0.15, 0.2) is 0 Å². The van der Waals surface area contributed by atoms with Crippen molar-refractivity contribution >= 4 is 0 Å². The van der Waals surface area contributed by atoms with E-state index in [-0.39, 0.29) is 0 Å². The number of rotatable bonds is 2. The number of nitrogens with zero attached hydrogens (tertiary/aromatic N) is 1. The van der Waals surface area contributed by atoms with E-state index < -0.39 is 5.60 Å². The van der Waals surface area contributed by atoms with Gasteiger partial charge in [0.25, 0.3) is 0 Å². The van der Waals surface area contributed by atoms with Crippen LogP contribution in [0.25, 0.3) is 0 Å². The van der Waals surface area contributed by atoms with E-state index in [1.165, 1.54) is 6.42 Å². The van der Waals surface area contributed by atoms with Crippen LogP contribution in [0.5, 0.6) is 0 Å². The quantitative estimate of drug-likeness (QED) is 0.652. The molecule has 2 unspecified atom stereocenters. The first-order valence-electron chi connectivity index (χ1n) is 4.50. The maximum absolute atomic E-state index is 9.95. The minimum Gasteiger partial charge on any atom is -0.389 e. The molecule has 1 fully saturated rings. The first-order chi connectivity index (χ1) is 5.08. The summed E-state index contributed by atoms with van der Waals surface area (Å²) in [6, 6.07) is 0.382. The average Bonchev–Trinajstić information content (AvgIpc) is 2.36. The Bertz CT molecular complexity index is 134. The van der Waals surface area contributed by atoms with E-state index in [2.05, 4.69) is 11.9 Å². The Morgan fingerprint density at radius 1 is 1.64 bits per heavy atom. The predicted molar refractivity (Wildman–Crippen MR) is 46.6 cm³/mol. The molecule has 2 nitrogen and oxygen atoms in total. The second-order valence-electron chi connectivity index (χ2n) is 3.85. The highest BCUT2D eigenvalue weighted by atomic mass is 16.3. The van der Waals surface area contributed by atoms with E-state index in [0.717, 1.165) is 19.4 Å². The number of likely N-dealkylation sites (tertiary alicyclic amines) is 1. The molecular weight excluding hydrogens is 138 g/mol. The molecule has 0 bridgehead atoms. The van der Waals surface area contributed by atoms with E-state index in [1.54, 1.807) is 0 Å². The lowest BCUT2D eigenvalue weighted by atomic mass is 9.92. The smallest absolute Gasteiger partial charge is 0.0771 e. The van der Waals surface area contributed by atoms with Gasteiger partial charge in [0.2, 0.25) is 0 Å². The Balaban J connectivity index is 2.58. The molecule has 1 aliphatic heterocycles. The number of hydrogen-bond donors (Lipinski definition) is 1. The van der Waals surface area contributed by atoms with Gasteiger partial charge in [-0.15, -0.1) is 0 Å². The molecule has 0 aromatic carbocycles. The molecule has 1 aliphatic rings. The minimum atomic E-state index is -0.481. The molecule has 1 saturated heterocycles. The van der Waals surface area contributed by atoms with Crippen molar-refractivity contribution < 1.29 is 5.11 Å². The Kier molecular flexibility index (Phi) is 2.55. The van der Waals surface area contributed by atoms with Crippen molar-refractivity contribution in [3.63, 3.8) is 0 Å². The molecule has 0 saturated carbocycles. The molecule has 2 heteroatoms. The fourth-order valence-corrected chi connectivity index (χ4v) is 1.93. The van der Waals surface area contributed by atoms with Gasteiger partial charge in [0, 0.05) is 6.04 Å².